The van der Waals surface area contributed by atoms with E-state index in [1.54, 1.807) is 0 Å². The van der Waals surface area contributed by atoms with Crippen molar-refractivity contribution in [2.45, 2.75) is 412 Å². The summed E-state index contributed by atoms with van der Waals surface area (Å²) in [4.78, 5) is 72.7. The van der Waals surface area contributed by atoms with Crippen LogP contribution >= 0.6 is 15.6 Å². The quantitative estimate of drug-likeness (QED) is 0.0222. The van der Waals surface area contributed by atoms with E-state index in [-0.39, 0.29) is 25.7 Å². The summed E-state index contributed by atoms with van der Waals surface area (Å²) < 4.78 is 68.5. The maximum atomic E-state index is 13.1. The fourth-order valence-corrected chi connectivity index (χ4v) is 13.1. The summed E-state index contributed by atoms with van der Waals surface area (Å²) in [6.07, 6.45) is 56.8. The van der Waals surface area contributed by atoms with Crippen LogP contribution in [0, 0.1) is 5.92 Å². The highest BCUT2D eigenvalue weighted by molar-refractivity contribution is 7.47. The Hall–Kier alpha value is -1.94. The fraction of sp³-hybridized carbons (Fsp3) is 0.947. The lowest BCUT2D eigenvalue weighted by atomic mass is 10.0. The molecule has 0 saturated carbocycles. The molecular weight excluding hydrogens is 1230 g/mol. The van der Waals surface area contributed by atoms with Gasteiger partial charge in [-0.1, -0.05) is 343 Å². The summed E-state index contributed by atoms with van der Waals surface area (Å²) in [5.41, 5.74) is 0. The Labute approximate surface area is 575 Å². The van der Waals surface area contributed by atoms with Crippen LogP contribution in [0.25, 0.3) is 0 Å². The molecule has 0 aromatic heterocycles. The Morgan fingerprint density at radius 1 is 0.287 bits per heavy atom. The Morgan fingerprint density at radius 3 is 0.723 bits per heavy atom. The Morgan fingerprint density at radius 2 is 0.489 bits per heavy atom. The van der Waals surface area contributed by atoms with Crippen LogP contribution in [-0.4, -0.2) is 96.7 Å². The van der Waals surface area contributed by atoms with Crippen molar-refractivity contribution >= 4 is 39.5 Å². The van der Waals surface area contributed by atoms with Crippen LogP contribution in [0.1, 0.15) is 394 Å². The molecule has 2 unspecified atom stereocenters. The molecule has 0 aromatic rings. The van der Waals surface area contributed by atoms with Crippen LogP contribution in [0.3, 0.4) is 0 Å². The molecule has 0 aliphatic carbocycles. The first-order chi connectivity index (χ1) is 45.5. The van der Waals surface area contributed by atoms with E-state index in [4.69, 9.17) is 37.0 Å². The standard InChI is InChI=1S/C75H146O17P2/c1-6-9-12-15-18-21-24-25-26-27-28-29-30-31-35-41-46-51-56-61-75(80)92-71(65-86-73(78)59-54-49-44-39-36-32-34-37-42-47-52-57-68(4)5)67-90-94(83,84)88-63-69(76)62-87-93(81,82)89-66-70(64-85-72(77)58-53-48-43-38-23-20-17-14-11-8-3)91-74(79)60-55-50-45-40-33-22-19-16-13-10-7-2/h68-71,76H,6-67H2,1-5H3,(H,81,82)(H,83,84)/t69-,70+,71+/m0/s1. The van der Waals surface area contributed by atoms with E-state index >= 15 is 0 Å². The number of rotatable bonds is 75. The second-order valence-electron chi connectivity index (χ2n) is 27.5. The van der Waals surface area contributed by atoms with Gasteiger partial charge < -0.3 is 33.8 Å². The fourth-order valence-electron chi connectivity index (χ4n) is 11.5. The molecule has 558 valence electrons. The average Bonchev–Trinajstić information content (AvgIpc) is 3.66. The zero-order valence-corrected chi connectivity index (χ0v) is 62.9. The van der Waals surface area contributed by atoms with Crippen LogP contribution in [-0.2, 0) is 65.4 Å². The molecule has 5 atom stereocenters. The van der Waals surface area contributed by atoms with Crippen molar-refractivity contribution in [3.05, 3.63) is 0 Å². The van der Waals surface area contributed by atoms with Crippen LogP contribution in [0.5, 0.6) is 0 Å². The van der Waals surface area contributed by atoms with E-state index in [2.05, 4.69) is 34.6 Å². The number of hydrogen-bond donors (Lipinski definition) is 3. The summed E-state index contributed by atoms with van der Waals surface area (Å²) in [6, 6.07) is 0. The van der Waals surface area contributed by atoms with Gasteiger partial charge in [-0.05, 0) is 31.6 Å². The highest BCUT2D eigenvalue weighted by Crippen LogP contribution is 2.45. The molecule has 0 aliphatic heterocycles. The molecule has 0 aliphatic rings. The number of aliphatic hydroxyl groups excluding tert-OH is 1. The molecule has 0 rings (SSSR count). The minimum Gasteiger partial charge on any atom is -0.462 e. The Bertz CT molecular complexity index is 1810. The van der Waals surface area contributed by atoms with E-state index in [1.807, 2.05) is 0 Å². The Kier molecular flexibility index (Phi) is 66.8. The minimum atomic E-state index is -4.96. The smallest absolute Gasteiger partial charge is 0.462 e. The molecule has 3 N–H and O–H groups in total. The van der Waals surface area contributed by atoms with Gasteiger partial charge in [0.1, 0.15) is 19.3 Å². The molecule has 0 heterocycles. The van der Waals surface area contributed by atoms with E-state index in [9.17, 15) is 43.2 Å². The summed E-state index contributed by atoms with van der Waals surface area (Å²) in [5.74, 6) is -1.34. The van der Waals surface area contributed by atoms with Gasteiger partial charge in [-0.25, -0.2) is 9.13 Å². The van der Waals surface area contributed by atoms with Crippen molar-refractivity contribution < 1.29 is 80.2 Å². The number of carbonyl (C=O) groups excluding carboxylic acids is 4. The van der Waals surface area contributed by atoms with Gasteiger partial charge in [-0.15, -0.1) is 0 Å². The normalized spacial score (nSPS) is 14.0. The molecule has 0 amide bonds. The molecule has 0 bridgehead atoms. The SMILES string of the molecule is CCCCCCCCCCCCCCCCCCCCCC(=O)O[C@H](COC(=O)CCCCCCCCCCCCCC(C)C)COP(=O)(O)OC[C@@H](O)COP(=O)(O)OC[C@@H](COC(=O)CCCCCCCCCCCC)OC(=O)CCCCCCCCCCCCC. The molecule has 0 spiro atoms. The van der Waals surface area contributed by atoms with E-state index in [0.29, 0.717) is 25.7 Å². The number of esters is 4. The molecule has 0 aromatic carbocycles. The first-order valence-electron chi connectivity index (χ1n) is 39.1. The zero-order chi connectivity index (χ0) is 69.1. The third-order valence-electron chi connectivity index (χ3n) is 17.5. The van der Waals surface area contributed by atoms with Crippen molar-refractivity contribution in [1.82, 2.24) is 0 Å². The minimum absolute atomic E-state index is 0.107. The molecule has 19 heteroatoms. The second kappa shape index (κ2) is 68.2. The highest BCUT2D eigenvalue weighted by atomic mass is 31.2. The third kappa shape index (κ3) is 68.6. The zero-order valence-electron chi connectivity index (χ0n) is 61.1. The van der Waals surface area contributed by atoms with Gasteiger partial charge in [0.25, 0.3) is 0 Å². The van der Waals surface area contributed by atoms with Gasteiger partial charge in [-0.3, -0.25) is 37.3 Å². The highest BCUT2D eigenvalue weighted by Gasteiger charge is 2.30. The number of phosphoric acid groups is 2. The first-order valence-corrected chi connectivity index (χ1v) is 42.1. The molecule has 0 fully saturated rings. The van der Waals surface area contributed by atoms with Crippen LogP contribution in [0.2, 0.25) is 0 Å². The van der Waals surface area contributed by atoms with Crippen molar-refractivity contribution in [3.8, 4) is 0 Å². The topological polar surface area (TPSA) is 237 Å². The van der Waals surface area contributed by atoms with E-state index in [1.165, 1.54) is 218 Å². The summed E-state index contributed by atoms with van der Waals surface area (Å²) in [5, 5.41) is 10.6. The number of carbonyl (C=O) groups is 4. The number of ether oxygens (including phenoxy) is 4. The summed E-state index contributed by atoms with van der Waals surface area (Å²) in [7, 11) is -9.91. The van der Waals surface area contributed by atoms with Crippen molar-refractivity contribution in [2.24, 2.45) is 5.92 Å². The maximum absolute atomic E-state index is 13.1. The lowest BCUT2D eigenvalue weighted by Gasteiger charge is -2.21. The number of aliphatic hydroxyl groups is 1. The van der Waals surface area contributed by atoms with Crippen molar-refractivity contribution in [1.29, 1.82) is 0 Å². The molecule has 94 heavy (non-hydrogen) atoms. The first kappa shape index (κ1) is 92.1. The van der Waals surface area contributed by atoms with Crippen LogP contribution in [0.4, 0.5) is 0 Å². The average molecular weight is 1380 g/mol. The van der Waals surface area contributed by atoms with Gasteiger partial charge in [0, 0.05) is 25.7 Å². The number of hydrogen-bond acceptors (Lipinski definition) is 15. The van der Waals surface area contributed by atoms with Gasteiger partial charge in [0.05, 0.1) is 26.4 Å². The third-order valence-corrected chi connectivity index (χ3v) is 19.4. The van der Waals surface area contributed by atoms with E-state index < -0.39 is 97.5 Å². The van der Waals surface area contributed by atoms with Gasteiger partial charge in [0.15, 0.2) is 12.2 Å². The van der Waals surface area contributed by atoms with Gasteiger partial charge >= 0.3 is 39.5 Å². The van der Waals surface area contributed by atoms with Gasteiger partial charge in [-0.2, -0.15) is 0 Å². The molecule has 0 saturated heterocycles. The molecule has 0 radical (unpaired) electrons. The van der Waals surface area contributed by atoms with E-state index in [0.717, 1.165) is 95.8 Å². The summed E-state index contributed by atoms with van der Waals surface area (Å²) in [6.45, 7) is 7.28. The lowest BCUT2D eigenvalue weighted by molar-refractivity contribution is -0.161. The van der Waals surface area contributed by atoms with Gasteiger partial charge in [0.2, 0.25) is 0 Å². The van der Waals surface area contributed by atoms with Crippen molar-refractivity contribution in [3.63, 3.8) is 0 Å². The monoisotopic (exact) mass is 1380 g/mol. The number of phosphoric ester groups is 2. The largest absolute Gasteiger partial charge is 0.472 e. The molecular formula is C75H146O17P2. The lowest BCUT2D eigenvalue weighted by Crippen LogP contribution is -2.30. The van der Waals surface area contributed by atoms with Crippen molar-refractivity contribution in [2.75, 3.05) is 39.6 Å². The number of unbranched alkanes of at least 4 members (excludes halogenated alkanes) is 47. The Balaban J connectivity index is 5.22. The second-order valence-corrected chi connectivity index (χ2v) is 30.4. The van der Waals surface area contributed by atoms with Crippen LogP contribution in [0.15, 0.2) is 0 Å². The summed E-state index contributed by atoms with van der Waals surface area (Å²) >= 11 is 0. The van der Waals surface area contributed by atoms with Crippen LogP contribution < -0.4 is 0 Å². The predicted octanol–water partition coefficient (Wildman–Crippen LogP) is 22.1. The maximum Gasteiger partial charge on any atom is 0.472 e. The predicted molar refractivity (Wildman–Crippen MR) is 382 cm³/mol. The molecule has 17 nitrogen and oxygen atoms in total.